The van der Waals surface area contributed by atoms with Gasteiger partial charge in [-0.25, -0.2) is 9.38 Å². The second-order valence-corrected chi connectivity index (χ2v) is 4.85. The standard InChI is InChI=1S/C15H8ClN3O/c16-13-10-6-2-4-8-12(10)19-14(20)9-5-1-3-7-11(9)17-15(19)18-13/h1-8H. The Labute approximate surface area is 118 Å². The van der Waals surface area contributed by atoms with E-state index >= 15 is 0 Å². The van der Waals surface area contributed by atoms with Gasteiger partial charge in [-0.05, 0) is 24.3 Å². The Morgan fingerprint density at radius 2 is 1.60 bits per heavy atom. The molecule has 5 heteroatoms. The van der Waals surface area contributed by atoms with E-state index in [2.05, 4.69) is 9.97 Å². The minimum absolute atomic E-state index is 0.133. The zero-order valence-electron chi connectivity index (χ0n) is 10.2. The first-order valence-corrected chi connectivity index (χ1v) is 6.49. The number of rotatable bonds is 0. The maximum atomic E-state index is 12.7. The number of hydrogen-bond acceptors (Lipinski definition) is 3. The highest BCUT2D eigenvalue weighted by Gasteiger charge is 2.11. The van der Waals surface area contributed by atoms with Gasteiger partial charge in [0, 0.05) is 5.39 Å². The number of benzene rings is 2. The number of nitrogens with zero attached hydrogens (tertiary/aromatic N) is 3. The fourth-order valence-electron chi connectivity index (χ4n) is 2.40. The quantitative estimate of drug-likeness (QED) is 0.283. The summed E-state index contributed by atoms with van der Waals surface area (Å²) >= 11 is 6.17. The van der Waals surface area contributed by atoms with Gasteiger partial charge in [-0.2, -0.15) is 4.98 Å². The Morgan fingerprint density at radius 3 is 2.45 bits per heavy atom. The molecular weight excluding hydrogens is 274 g/mol. The van der Waals surface area contributed by atoms with Gasteiger partial charge in [-0.3, -0.25) is 4.79 Å². The number of hydrogen-bond donors (Lipinski definition) is 0. The van der Waals surface area contributed by atoms with Crippen LogP contribution in [0.5, 0.6) is 0 Å². The molecule has 0 N–H and O–H groups in total. The fraction of sp³-hybridized carbons (Fsp3) is 0. The molecule has 0 radical (unpaired) electrons. The molecule has 0 spiro atoms. The van der Waals surface area contributed by atoms with Crippen molar-refractivity contribution in [1.29, 1.82) is 0 Å². The highest BCUT2D eigenvalue weighted by molar-refractivity contribution is 6.34. The van der Waals surface area contributed by atoms with Gasteiger partial charge in [-0.15, -0.1) is 0 Å². The van der Waals surface area contributed by atoms with E-state index in [1.54, 1.807) is 12.1 Å². The molecule has 4 nitrogen and oxygen atoms in total. The molecule has 0 fully saturated rings. The van der Waals surface area contributed by atoms with Gasteiger partial charge in [0.05, 0.1) is 16.4 Å². The van der Waals surface area contributed by atoms with Gasteiger partial charge in [0.2, 0.25) is 5.78 Å². The Bertz CT molecular complexity index is 1040. The third kappa shape index (κ3) is 1.45. The van der Waals surface area contributed by atoms with Gasteiger partial charge in [0.25, 0.3) is 5.56 Å². The van der Waals surface area contributed by atoms with Crippen molar-refractivity contribution in [2.75, 3.05) is 0 Å². The molecule has 20 heavy (non-hydrogen) atoms. The highest BCUT2D eigenvalue weighted by Crippen LogP contribution is 2.22. The van der Waals surface area contributed by atoms with E-state index in [1.165, 1.54) is 4.40 Å². The lowest BCUT2D eigenvalue weighted by molar-refractivity contribution is 1.07. The first-order valence-electron chi connectivity index (χ1n) is 6.11. The number of para-hydroxylation sites is 2. The zero-order chi connectivity index (χ0) is 13.7. The molecule has 4 aromatic rings. The van der Waals surface area contributed by atoms with Gasteiger partial charge in [0.1, 0.15) is 5.15 Å². The molecule has 0 aliphatic heterocycles. The van der Waals surface area contributed by atoms with E-state index in [0.29, 0.717) is 27.4 Å². The third-order valence-electron chi connectivity index (χ3n) is 3.32. The first-order chi connectivity index (χ1) is 9.75. The zero-order valence-corrected chi connectivity index (χ0v) is 11.0. The minimum atomic E-state index is -0.133. The summed E-state index contributed by atoms with van der Waals surface area (Å²) in [6.07, 6.45) is 0. The van der Waals surface area contributed by atoms with Crippen LogP contribution in [0.2, 0.25) is 5.15 Å². The summed E-state index contributed by atoms with van der Waals surface area (Å²) in [6, 6.07) is 14.6. The van der Waals surface area contributed by atoms with Crippen LogP contribution in [-0.2, 0) is 0 Å². The van der Waals surface area contributed by atoms with E-state index in [4.69, 9.17) is 11.6 Å². The SMILES string of the molecule is O=c1c2ccccc2nc2nc(Cl)c3ccccc3n12. The largest absolute Gasteiger partial charge is 0.268 e. The van der Waals surface area contributed by atoms with Crippen molar-refractivity contribution in [3.8, 4) is 0 Å². The normalized spacial score (nSPS) is 11.4. The van der Waals surface area contributed by atoms with Crippen LogP contribution >= 0.6 is 11.6 Å². The van der Waals surface area contributed by atoms with Crippen LogP contribution in [0.1, 0.15) is 0 Å². The van der Waals surface area contributed by atoms with Crippen LogP contribution in [0.4, 0.5) is 0 Å². The molecule has 0 bridgehead atoms. The predicted octanol–water partition coefficient (Wildman–Crippen LogP) is 3.05. The van der Waals surface area contributed by atoms with Crippen LogP contribution in [0.3, 0.4) is 0 Å². The molecule has 2 heterocycles. The number of fused-ring (bicyclic) bond motifs is 4. The summed E-state index contributed by atoms with van der Waals surface area (Å²) in [5.41, 5.74) is 1.20. The van der Waals surface area contributed by atoms with Crippen LogP contribution in [0, 0.1) is 0 Å². The molecule has 0 unspecified atom stereocenters. The summed E-state index contributed by atoms with van der Waals surface area (Å²) in [4.78, 5) is 21.3. The molecule has 0 aliphatic carbocycles. The predicted molar refractivity (Wildman–Crippen MR) is 79.3 cm³/mol. The Balaban J connectivity index is 2.39. The van der Waals surface area contributed by atoms with Crippen molar-refractivity contribution in [3.05, 3.63) is 64.0 Å². The van der Waals surface area contributed by atoms with E-state index in [0.717, 1.165) is 5.39 Å². The molecule has 0 saturated carbocycles. The third-order valence-corrected chi connectivity index (χ3v) is 3.61. The molecule has 2 aromatic carbocycles. The van der Waals surface area contributed by atoms with Crippen molar-refractivity contribution in [2.45, 2.75) is 0 Å². The van der Waals surface area contributed by atoms with Crippen LogP contribution in [0.15, 0.2) is 53.3 Å². The van der Waals surface area contributed by atoms with Crippen molar-refractivity contribution in [2.24, 2.45) is 0 Å². The van der Waals surface area contributed by atoms with E-state index in [9.17, 15) is 4.79 Å². The Hall–Kier alpha value is -2.46. The lowest BCUT2D eigenvalue weighted by Gasteiger charge is -2.07. The van der Waals surface area contributed by atoms with Crippen LogP contribution in [0.25, 0.3) is 27.6 Å². The van der Waals surface area contributed by atoms with Crippen LogP contribution < -0.4 is 5.56 Å². The Morgan fingerprint density at radius 1 is 0.900 bits per heavy atom. The number of halogens is 1. The first kappa shape index (κ1) is 11.4. The second-order valence-electron chi connectivity index (χ2n) is 4.49. The van der Waals surface area contributed by atoms with E-state index in [1.807, 2.05) is 36.4 Å². The maximum absolute atomic E-state index is 12.7. The molecular formula is C15H8ClN3O. The minimum Gasteiger partial charge on any atom is -0.268 e. The molecule has 2 aromatic heterocycles. The summed E-state index contributed by atoms with van der Waals surface area (Å²) < 4.78 is 1.50. The van der Waals surface area contributed by atoms with Crippen molar-refractivity contribution < 1.29 is 0 Å². The monoisotopic (exact) mass is 281 g/mol. The van der Waals surface area contributed by atoms with Gasteiger partial charge in [0.15, 0.2) is 0 Å². The molecule has 0 amide bonds. The Kier molecular flexibility index (Phi) is 2.28. The van der Waals surface area contributed by atoms with Gasteiger partial charge < -0.3 is 0 Å². The van der Waals surface area contributed by atoms with E-state index < -0.39 is 0 Å². The fourth-order valence-corrected chi connectivity index (χ4v) is 2.64. The lowest BCUT2D eigenvalue weighted by Crippen LogP contribution is -2.17. The molecule has 4 rings (SSSR count). The highest BCUT2D eigenvalue weighted by atomic mass is 35.5. The lowest BCUT2D eigenvalue weighted by atomic mass is 10.2. The number of aromatic nitrogens is 3. The van der Waals surface area contributed by atoms with Crippen molar-refractivity contribution >= 4 is 39.2 Å². The average Bonchev–Trinajstić information content (AvgIpc) is 2.47. The molecule has 0 atom stereocenters. The average molecular weight is 282 g/mol. The smallest absolute Gasteiger partial charge is 0.267 e. The van der Waals surface area contributed by atoms with E-state index in [-0.39, 0.29) is 5.56 Å². The van der Waals surface area contributed by atoms with Crippen LogP contribution in [-0.4, -0.2) is 14.4 Å². The summed E-state index contributed by atoms with van der Waals surface area (Å²) in [6.45, 7) is 0. The van der Waals surface area contributed by atoms with Crippen molar-refractivity contribution in [1.82, 2.24) is 14.4 Å². The summed E-state index contributed by atoms with van der Waals surface area (Å²) in [5, 5.41) is 1.66. The maximum Gasteiger partial charge on any atom is 0.267 e. The molecule has 0 saturated heterocycles. The molecule has 0 aliphatic rings. The van der Waals surface area contributed by atoms with Crippen molar-refractivity contribution in [3.63, 3.8) is 0 Å². The summed E-state index contributed by atoms with van der Waals surface area (Å²) in [5.74, 6) is 0.317. The van der Waals surface area contributed by atoms with Gasteiger partial charge in [-0.1, -0.05) is 35.9 Å². The topological polar surface area (TPSA) is 47.3 Å². The molecule has 96 valence electrons. The summed E-state index contributed by atoms with van der Waals surface area (Å²) in [7, 11) is 0. The van der Waals surface area contributed by atoms with Gasteiger partial charge >= 0.3 is 0 Å². The second kappa shape index (κ2) is 4.02.